The first-order valence-corrected chi connectivity index (χ1v) is 4.26. The summed E-state index contributed by atoms with van der Waals surface area (Å²) in [6.07, 6.45) is -5.80. The van der Waals surface area contributed by atoms with Crippen LogP contribution in [0.1, 0.15) is 5.56 Å². The lowest BCUT2D eigenvalue weighted by Gasteiger charge is -2.07. The van der Waals surface area contributed by atoms with Crippen molar-refractivity contribution in [1.82, 2.24) is 0 Å². The summed E-state index contributed by atoms with van der Waals surface area (Å²) in [5, 5.41) is 9.18. The molecule has 0 aliphatic heterocycles. The van der Waals surface area contributed by atoms with Gasteiger partial charge in [-0.05, 0) is 6.07 Å². The van der Waals surface area contributed by atoms with E-state index in [9.17, 15) is 23.1 Å². The second-order valence-electron chi connectivity index (χ2n) is 2.85. The zero-order valence-corrected chi connectivity index (χ0v) is 8.06. The molecule has 0 bridgehead atoms. The summed E-state index contributed by atoms with van der Waals surface area (Å²) in [6.45, 7) is 0. The second-order valence-corrected chi connectivity index (χ2v) is 3.25. The maximum absolute atomic E-state index is 11.9. The predicted molar refractivity (Wildman–Crippen MR) is 47.9 cm³/mol. The van der Waals surface area contributed by atoms with Gasteiger partial charge in [-0.3, -0.25) is 4.79 Å². The Hall–Kier alpha value is -1.23. The van der Waals surface area contributed by atoms with Crippen molar-refractivity contribution in [2.75, 3.05) is 0 Å². The summed E-state index contributed by atoms with van der Waals surface area (Å²) in [4.78, 5) is 10.6. The zero-order valence-electron chi connectivity index (χ0n) is 7.31. The van der Waals surface area contributed by atoms with Crippen LogP contribution in [0.2, 0.25) is 5.02 Å². The molecule has 0 spiro atoms. The Labute approximate surface area is 88.3 Å². The number of carbonyl (C=O) groups excluding carboxylic acids is 1. The molecule has 1 aromatic rings. The smallest absolute Gasteiger partial charge is 0.450 e. The van der Waals surface area contributed by atoms with E-state index in [-0.39, 0.29) is 10.6 Å². The van der Waals surface area contributed by atoms with Gasteiger partial charge in [-0.25, -0.2) is 0 Å². The van der Waals surface area contributed by atoms with Gasteiger partial charge in [-0.1, -0.05) is 23.7 Å². The first-order valence-electron chi connectivity index (χ1n) is 3.88. The van der Waals surface area contributed by atoms with Gasteiger partial charge in [0.1, 0.15) is 5.75 Å². The normalized spacial score (nSPS) is 11.5. The Balaban J connectivity index is 2.91. The van der Waals surface area contributed by atoms with E-state index in [1.165, 1.54) is 18.2 Å². The Morgan fingerprint density at radius 2 is 2.00 bits per heavy atom. The minimum atomic E-state index is -4.89. The second kappa shape index (κ2) is 4.10. The maximum atomic E-state index is 11.9. The fraction of sp³-hybridized carbons (Fsp3) is 0.222. The number of rotatable bonds is 2. The molecule has 0 amide bonds. The van der Waals surface area contributed by atoms with Crippen LogP contribution in [0.25, 0.3) is 0 Å². The third kappa shape index (κ3) is 2.86. The predicted octanol–water partition coefficient (Wildman–Crippen LogP) is 2.72. The third-order valence-electron chi connectivity index (χ3n) is 1.74. The molecule has 6 heteroatoms. The zero-order chi connectivity index (χ0) is 11.6. The van der Waals surface area contributed by atoms with Crippen LogP contribution in [0.3, 0.4) is 0 Å². The van der Waals surface area contributed by atoms with E-state index in [0.29, 0.717) is 0 Å². The molecule has 82 valence electrons. The van der Waals surface area contributed by atoms with Crippen molar-refractivity contribution in [1.29, 1.82) is 0 Å². The number of phenols is 1. The number of ketones is 1. The average molecular weight is 239 g/mol. The van der Waals surface area contributed by atoms with Crippen molar-refractivity contribution < 1.29 is 23.1 Å². The van der Waals surface area contributed by atoms with Gasteiger partial charge in [0.15, 0.2) is 0 Å². The highest BCUT2D eigenvalue weighted by molar-refractivity contribution is 6.32. The van der Waals surface area contributed by atoms with E-state index < -0.39 is 24.1 Å². The highest BCUT2D eigenvalue weighted by Crippen LogP contribution is 2.29. The average Bonchev–Trinajstić information content (AvgIpc) is 2.11. The minimum absolute atomic E-state index is 0.0810. The summed E-state index contributed by atoms with van der Waals surface area (Å²) in [7, 11) is 0. The monoisotopic (exact) mass is 238 g/mol. The van der Waals surface area contributed by atoms with Crippen LogP contribution in [0, 0.1) is 0 Å². The molecule has 15 heavy (non-hydrogen) atoms. The lowest BCUT2D eigenvalue weighted by Crippen LogP contribution is -2.24. The molecule has 1 aromatic carbocycles. The van der Waals surface area contributed by atoms with Crippen molar-refractivity contribution >= 4 is 17.4 Å². The SMILES string of the molecule is O=C(Cc1cccc(Cl)c1O)C(F)(F)F. The van der Waals surface area contributed by atoms with Gasteiger partial charge in [0, 0.05) is 12.0 Å². The van der Waals surface area contributed by atoms with Crippen LogP contribution in [0.4, 0.5) is 13.2 Å². The minimum Gasteiger partial charge on any atom is -0.506 e. The standard InChI is InChI=1S/C9H6ClF3O2/c10-6-3-1-2-5(8(6)15)4-7(14)9(11,12)13/h1-3,15H,4H2. The van der Waals surface area contributed by atoms with E-state index >= 15 is 0 Å². The molecule has 0 unspecified atom stereocenters. The van der Waals surface area contributed by atoms with Gasteiger partial charge in [-0.15, -0.1) is 0 Å². The summed E-state index contributed by atoms with van der Waals surface area (Å²) in [5.74, 6) is -2.41. The van der Waals surface area contributed by atoms with Crippen LogP contribution < -0.4 is 0 Å². The fourth-order valence-corrected chi connectivity index (χ4v) is 1.17. The van der Waals surface area contributed by atoms with Crippen LogP contribution in [0.5, 0.6) is 5.75 Å². The molecule has 0 fully saturated rings. The van der Waals surface area contributed by atoms with Gasteiger partial charge in [0.25, 0.3) is 0 Å². The number of benzene rings is 1. The molecule has 0 aliphatic rings. The number of hydrogen-bond donors (Lipinski definition) is 1. The topological polar surface area (TPSA) is 37.3 Å². The quantitative estimate of drug-likeness (QED) is 0.860. The van der Waals surface area contributed by atoms with E-state index in [2.05, 4.69) is 0 Å². The van der Waals surface area contributed by atoms with Crippen molar-refractivity contribution in [3.8, 4) is 5.75 Å². The highest BCUT2D eigenvalue weighted by Gasteiger charge is 2.38. The maximum Gasteiger partial charge on any atom is 0.450 e. The number of halogens is 4. The van der Waals surface area contributed by atoms with E-state index in [1.54, 1.807) is 0 Å². The fourth-order valence-electron chi connectivity index (χ4n) is 0.976. The van der Waals surface area contributed by atoms with Gasteiger partial charge in [0.05, 0.1) is 5.02 Å². The van der Waals surface area contributed by atoms with Crippen molar-refractivity contribution in [3.05, 3.63) is 28.8 Å². The van der Waals surface area contributed by atoms with Crippen LogP contribution >= 0.6 is 11.6 Å². The van der Waals surface area contributed by atoms with Crippen LogP contribution in [-0.4, -0.2) is 17.1 Å². The molecule has 1 N–H and O–H groups in total. The summed E-state index contributed by atoms with van der Waals surface area (Å²) in [5.41, 5.74) is -0.134. The Bertz CT molecular complexity index is 387. The van der Waals surface area contributed by atoms with Gasteiger partial charge in [-0.2, -0.15) is 13.2 Å². The molecule has 0 saturated heterocycles. The Morgan fingerprint density at radius 1 is 1.40 bits per heavy atom. The van der Waals surface area contributed by atoms with Crippen molar-refractivity contribution in [2.45, 2.75) is 12.6 Å². The highest BCUT2D eigenvalue weighted by atomic mass is 35.5. The third-order valence-corrected chi connectivity index (χ3v) is 2.04. The van der Waals surface area contributed by atoms with Gasteiger partial charge >= 0.3 is 6.18 Å². The van der Waals surface area contributed by atoms with E-state index in [4.69, 9.17) is 11.6 Å². The largest absolute Gasteiger partial charge is 0.506 e. The summed E-state index contributed by atoms with van der Waals surface area (Å²) in [6, 6.07) is 3.89. The molecule has 0 atom stereocenters. The van der Waals surface area contributed by atoms with E-state index in [0.717, 1.165) is 0 Å². The van der Waals surface area contributed by atoms with Crippen molar-refractivity contribution in [2.24, 2.45) is 0 Å². The number of carbonyl (C=O) groups is 1. The van der Waals surface area contributed by atoms with Gasteiger partial charge < -0.3 is 5.11 Å². The number of alkyl halides is 3. The molecule has 1 rings (SSSR count). The van der Waals surface area contributed by atoms with Crippen LogP contribution in [0.15, 0.2) is 18.2 Å². The lowest BCUT2D eigenvalue weighted by molar-refractivity contribution is -0.170. The first-order chi connectivity index (χ1) is 6.82. The van der Waals surface area contributed by atoms with Gasteiger partial charge in [0.2, 0.25) is 5.78 Å². The van der Waals surface area contributed by atoms with Crippen LogP contribution in [-0.2, 0) is 11.2 Å². The first kappa shape index (κ1) is 11.8. The molecule has 0 radical (unpaired) electrons. The number of phenolic OH excluding ortho intramolecular Hbond substituents is 1. The molecular formula is C9H6ClF3O2. The Kier molecular flexibility index (Phi) is 3.24. The van der Waals surface area contributed by atoms with Crippen molar-refractivity contribution in [3.63, 3.8) is 0 Å². The molecule has 0 heterocycles. The molecular weight excluding hydrogens is 233 g/mol. The molecule has 0 saturated carbocycles. The van der Waals surface area contributed by atoms with E-state index in [1.807, 2.05) is 0 Å². The molecule has 0 aliphatic carbocycles. The number of Topliss-reactive ketones (excluding diaryl/α,β-unsaturated/α-hetero) is 1. The molecule has 0 aromatic heterocycles. The number of hydrogen-bond acceptors (Lipinski definition) is 2. The lowest BCUT2D eigenvalue weighted by atomic mass is 10.1. The summed E-state index contributed by atoms with van der Waals surface area (Å²) < 4.78 is 35.7. The molecule has 2 nitrogen and oxygen atoms in total. The number of aromatic hydroxyl groups is 1. The summed E-state index contributed by atoms with van der Waals surface area (Å²) >= 11 is 5.47. The Morgan fingerprint density at radius 3 is 2.53 bits per heavy atom. The number of para-hydroxylation sites is 1.